The summed E-state index contributed by atoms with van der Waals surface area (Å²) in [5, 5.41) is 12.3. The van der Waals surface area contributed by atoms with E-state index in [1.54, 1.807) is 18.2 Å². The quantitative estimate of drug-likeness (QED) is 0.839. The van der Waals surface area contributed by atoms with Gasteiger partial charge < -0.3 is 14.8 Å². The third kappa shape index (κ3) is 3.23. The summed E-state index contributed by atoms with van der Waals surface area (Å²) < 4.78 is 5.89. The summed E-state index contributed by atoms with van der Waals surface area (Å²) in [5.74, 6) is 0.417. The lowest BCUT2D eigenvalue weighted by Gasteiger charge is -2.27. The second kappa shape index (κ2) is 5.71. The van der Waals surface area contributed by atoms with Crippen LogP contribution in [-0.4, -0.2) is 23.2 Å². The molecule has 1 saturated carbocycles. The molecule has 98 valence electrons. The van der Waals surface area contributed by atoms with E-state index in [2.05, 4.69) is 21.2 Å². The van der Waals surface area contributed by atoms with E-state index in [1.165, 1.54) is 6.08 Å². The molecule has 0 bridgehead atoms. The molecule has 1 heterocycles. The highest BCUT2D eigenvalue weighted by molar-refractivity contribution is 9.10. The Morgan fingerprint density at radius 1 is 1.50 bits per heavy atom. The van der Waals surface area contributed by atoms with Crippen LogP contribution in [0.15, 0.2) is 27.3 Å². The highest BCUT2D eigenvalue weighted by Gasteiger charge is 2.33. The van der Waals surface area contributed by atoms with Gasteiger partial charge in [-0.1, -0.05) is 12.8 Å². The van der Waals surface area contributed by atoms with Gasteiger partial charge in [-0.3, -0.25) is 4.79 Å². The van der Waals surface area contributed by atoms with Crippen molar-refractivity contribution in [2.24, 2.45) is 0 Å². The lowest BCUT2D eigenvalue weighted by molar-refractivity contribution is -0.118. The predicted molar refractivity (Wildman–Crippen MR) is 71.9 cm³/mol. The minimum Gasteiger partial charge on any atom is -0.450 e. The van der Waals surface area contributed by atoms with Gasteiger partial charge in [0.25, 0.3) is 0 Å². The van der Waals surface area contributed by atoms with Crippen LogP contribution in [0.5, 0.6) is 0 Å². The lowest BCUT2D eigenvalue weighted by atomic mass is 9.99. The molecule has 0 atom stereocenters. The van der Waals surface area contributed by atoms with Gasteiger partial charge >= 0.3 is 0 Å². The number of aliphatic hydroxyl groups excluding tert-OH is 1. The molecular weight excluding hydrogens is 298 g/mol. The number of amides is 1. The number of carbonyl (C=O) groups is 1. The highest BCUT2D eigenvalue weighted by atomic mass is 79.9. The molecule has 2 N–H and O–H groups in total. The minimum atomic E-state index is -0.425. The van der Waals surface area contributed by atoms with E-state index in [1.807, 2.05) is 0 Å². The highest BCUT2D eigenvalue weighted by Crippen LogP contribution is 2.29. The molecule has 1 aromatic heterocycles. The first-order valence-corrected chi connectivity index (χ1v) is 6.79. The van der Waals surface area contributed by atoms with Gasteiger partial charge in [0.2, 0.25) is 5.91 Å². The number of nitrogens with one attached hydrogen (secondary N) is 1. The van der Waals surface area contributed by atoms with Crippen LogP contribution < -0.4 is 5.32 Å². The first-order valence-electron chi connectivity index (χ1n) is 6.00. The zero-order valence-corrected chi connectivity index (χ0v) is 11.6. The van der Waals surface area contributed by atoms with E-state index >= 15 is 0 Å². The van der Waals surface area contributed by atoms with E-state index in [0.717, 1.165) is 25.7 Å². The van der Waals surface area contributed by atoms with Crippen LogP contribution in [0.25, 0.3) is 6.08 Å². The topological polar surface area (TPSA) is 62.5 Å². The SMILES string of the molecule is O=C(C=Cc1ccc(Br)o1)NC1(CO)CCCC1. The second-order valence-corrected chi connectivity index (χ2v) is 5.39. The summed E-state index contributed by atoms with van der Waals surface area (Å²) in [4.78, 5) is 11.8. The molecule has 4 nitrogen and oxygen atoms in total. The standard InChI is InChI=1S/C13H16BrNO3/c14-11-5-3-10(18-11)4-6-12(17)15-13(9-16)7-1-2-8-13/h3-6,16H,1-2,7-9H2,(H,15,17). The molecule has 1 amide bonds. The summed E-state index contributed by atoms with van der Waals surface area (Å²) in [6.07, 6.45) is 6.83. The van der Waals surface area contributed by atoms with E-state index in [-0.39, 0.29) is 12.5 Å². The van der Waals surface area contributed by atoms with Crippen molar-refractivity contribution in [2.75, 3.05) is 6.61 Å². The fraction of sp³-hybridized carbons (Fsp3) is 0.462. The summed E-state index contributed by atoms with van der Waals surface area (Å²) in [6.45, 7) is -0.00111. The first kappa shape index (κ1) is 13.4. The fourth-order valence-corrected chi connectivity index (χ4v) is 2.57. The third-order valence-electron chi connectivity index (χ3n) is 3.24. The Morgan fingerprint density at radius 3 is 2.78 bits per heavy atom. The molecule has 18 heavy (non-hydrogen) atoms. The van der Waals surface area contributed by atoms with Crippen LogP contribution >= 0.6 is 15.9 Å². The maximum Gasteiger partial charge on any atom is 0.244 e. The van der Waals surface area contributed by atoms with E-state index < -0.39 is 5.54 Å². The van der Waals surface area contributed by atoms with Gasteiger partial charge in [-0.25, -0.2) is 0 Å². The molecular formula is C13H16BrNO3. The maximum atomic E-state index is 11.8. The Labute approximate surface area is 114 Å². The largest absolute Gasteiger partial charge is 0.450 e. The normalized spacial score (nSPS) is 18.3. The fourth-order valence-electron chi connectivity index (χ4n) is 2.25. The van der Waals surface area contributed by atoms with Crippen molar-refractivity contribution in [1.82, 2.24) is 5.32 Å². The van der Waals surface area contributed by atoms with Gasteiger partial charge in [0.15, 0.2) is 4.67 Å². The summed E-state index contributed by atoms with van der Waals surface area (Å²) in [7, 11) is 0. The summed E-state index contributed by atoms with van der Waals surface area (Å²) >= 11 is 3.20. The lowest BCUT2D eigenvalue weighted by Crippen LogP contribution is -2.48. The first-order chi connectivity index (χ1) is 8.63. The average Bonchev–Trinajstić information content (AvgIpc) is 2.97. The molecule has 2 rings (SSSR count). The van der Waals surface area contributed by atoms with Crippen molar-refractivity contribution in [3.63, 3.8) is 0 Å². The number of rotatable bonds is 4. The molecule has 0 saturated heterocycles. The van der Waals surface area contributed by atoms with Crippen LogP contribution in [0.2, 0.25) is 0 Å². The van der Waals surface area contributed by atoms with Crippen LogP contribution in [0, 0.1) is 0 Å². The van der Waals surface area contributed by atoms with Crippen molar-refractivity contribution in [3.8, 4) is 0 Å². The average molecular weight is 314 g/mol. The van der Waals surface area contributed by atoms with Gasteiger partial charge in [0.1, 0.15) is 5.76 Å². The van der Waals surface area contributed by atoms with Crippen molar-refractivity contribution >= 4 is 27.9 Å². The van der Waals surface area contributed by atoms with Gasteiger partial charge in [0, 0.05) is 6.08 Å². The van der Waals surface area contributed by atoms with E-state index in [9.17, 15) is 9.90 Å². The van der Waals surface area contributed by atoms with Crippen LogP contribution in [-0.2, 0) is 4.79 Å². The van der Waals surface area contributed by atoms with E-state index in [4.69, 9.17) is 4.42 Å². The van der Waals surface area contributed by atoms with Crippen molar-refractivity contribution < 1.29 is 14.3 Å². The molecule has 1 aromatic rings. The van der Waals surface area contributed by atoms with Crippen LogP contribution in [0.1, 0.15) is 31.4 Å². The number of hydrogen-bond acceptors (Lipinski definition) is 3. The monoisotopic (exact) mass is 313 g/mol. The Kier molecular flexibility index (Phi) is 4.24. The van der Waals surface area contributed by atoms with Crippen molar-refractivity contribution in [1.29, 1.82) is 0 Å². The number of aliphatic hydroxyl groups is 1. The molecule has 1 aliphatic carbocycles. The summed E-state index contributed by atoms with van der Waals surface area (Å²) in [6, 6.07) is 3.54. The molecule has 0 spiro atoms. The Bertz CT molecular complexity index is 447. The van der Waals surface area contributed by atoms with Gasteiger partial charge in [-0.05, 0) is 47.0 Å². The molecule has 0 radical (unpaired) electrons. The molecule has 1 aliphatic rings. The maximum absolute atomic E-state index is 11.8. The van der Waals surface area contributed by atoms with Gasteiger partial charge in [0.05, 0.1) is 12.1 Å². The molecule has 0 aliphatic heterocycles. The number of halogens is 1. The molecule has 1 fully saturated rings. The van der Waals surface area contributed by atoms with Crippen molar-refractivity contribution in [3.05, 3.63) is 28.6 Å². The predicted octanol–water partition coefficient (Wildman–Crippen LogP) is 2.48. The minimum absolute atomic E-state index is 0.00111. The zero-order chi connectivity index (χ0) is 13.0. The smallest absolute Gasteiger partial charge is 0.244 e. The second-order valence-electron chi connectivity index (χ2n) is 4.61. The number of furan rings is 1. The number of hydrogen-bond donors (Lipinski definition) is 2. The van der Waals surface area contributed by atoms with Gasteiger partial charge in [-0.2, -0.15) is 0 Å². The summed E-state index contributed by atoms with van der Waals surface area (Å²) in [5.41, 5.74) is -0.425. The van der Waals surface area contributed by atoms with Gasteiger partial charge in [-0.15, -0.1) is 0 Å². The molecule has 0 aromatic carbocycles. The van der Waals surface area contributed by atoms with Crippen LogP contribution in [0.4, 0.5) is 0 Å². The molecule has 5 heteroatoms. The zero-order valence-electron chi connectivity index (χ0n) is 9.99. The Hall–Kier alpha value is -1.07. The molecule has 0 unspecified atom stereocenters. The Morgan fingerprint density at radius 2 is 2.22 bits per heavy atom. The Balaban J connectivity index is 1.94. The number of carbonyl (C=O) groups excluding carboxylic acids is 1. The van der Waals surface area contributed by atoms with Crippen molar-refractivity contribution in [2.45, 2.75) is 31.2 Å². The van der Waals surface area contributed by atoms with Crippen LogP contribution in [0.3, 0.4) is 0 Å². The van der Waals surface area contributed by atoms with E-state index in [0.29, 0.717) is 10.4 Å². The third-order valence-corrected chi connectivity index (χ3v) is 3.67.